The van der Waals surface area contributed by atoms with Crippen LogP contribution in [0.3, 0.4) is 0 Å². The summed E-state index contributed by atoms with van der Waals surface area (Å²) in [6.45, 7) is 4.10. The zero-order valence-electron chi connectivity index (χ0n) is 19.4. The van der Waals surface area contributed by atoms with Gasteiger partial charge in [0.05, 0.1) is 0 Å². The van der Waals surface area contributed by atoms with Crippen LogP contribution in [-0.2, 0) is 11.3 Å². The van der Waals surface area contributed by atoms with E-state index in [9.17, 15) is 9.90 Å². The molecule has 1 saturated heterocycles. The lowest BCUT2D eigenvalue weighted by Crippen LogP contribution is -2.45. The van der Waals surface area contributed by atoms with Crippen molar-refractivity contribution in [2.24, 2.45) is 5.92 Å². The Morgan fingerprint density at radius 3 is 2.42 bits per heavy atom. The molecule has 0 radical (unpaired) electrons. The maximum Gasteiger partial charge on any atom is 0.232 e. The van der Waals surface area contributed by atoms with E-state index in [1.165, 1.54) is 0 Å². The number of piperazine rings is 1. The van der Waals surface area contributed by atoms with Gasteiger partial charge in [0.1, 0.15) is 5.75 Å². The minimum absolute atomic E-state index is 0.0129. The standard InChI is InChI=1S/C23H34N8O2/c1-24-21-27-22(29-23(28-21)31-13-11-30(2)12-14-31)26-18-9-7-16(8-10-18)20(33)25-15-17-5-3-4-6-19(17)32/h3-6,16,18,32H,7-15H2,1-2H3,(H,25,33)(H2,24,26,27,28,29). The van der Waals surface area contributed by atoms with E-state index in [1.54, 1.807) is 12.1 Å². The predicted octanol–water partition coefficient (Wildman–Crippen LogP) is 1.66. The zero-order chi connectivity index (χ0) is 23.2. The highest BCUT2D eigenvalue weighted by Gasteiger charge is 2.27. The Hall–Kier alpha value is -3.14. The van der Waals surface area contributed by atoms with E-state index in [0.29, 0.717) is 24.4 Å². The van der Waals surface area contributed by atoms with E-state index in [-0.39, 0.29) is 23.6 Å². The van der Waals surface area contributed by atoms with Gasteiger partial charge in [-0.3, -0.25) is 4.79 Å². The van der Waals surface area contributed by atoms with Crippen molar-refractivity contribution in [3.63, 3.8) is 0 Å². The molecule has 4 N–H and O–H groups in total. The molecule has 1 aliphatic carbocycles. The van der Waals surface area contributed by atoms with E-state index in [4.69, 9.17) is 0 Å². The Balaban J connectivity index is 1.30. The normalized spacial score (nSPS) is 21.5. The van der Waals surface area contributed by atoms with Gasteiger partial charge in [0.25, 0.3) is 0 Å². The summed E-state index contributed by atoms with van der Waals surface area (Å²) < 4.78 is 0. The second-order valence-electron chi connectivity index (χ2n) is 8.86. The quantitative estimate of drug-likeness (QED) is 0.495. The average Bonchev–Trinajstić information content (AvgIpc) is 2.84. The number of amides is 1. The molecule has 2 fully saturated rings. The number of anilines is 3. The van der Waals surface area contributed by atoms with Gasteiger partial charge in [-0.15, -0.1) is 0 Å². The van der Waals surface area contributed by atoms with Crippen molar-refractivity contribution in [2.45, 2.75) is 38.3 Å². The number of para-hydroxylation sites is 1. The third-order valence-electron chi connectivity index (χ3n) is 6.51. The van der Waals surface area contributed by atoms with Gasteiger partial charge in [-0.1, -0.05) is 18.2 Å². The third-order valence-corrected chi connectivity index (χ3v) is 6.51. The maximum absolute atomic E-state index is 12.6. The highest BCUT2D eigenvalue weighted by atomic mass is 16.3. The van der Waals surface area contributed by atoms with Crippen molar-refractivity contribution < 1.29 is 9.90 Å². The molecule has 10 heteroatoms. The van der Waals surface area contributed by atoms with Crippen LogP contribution in [0.25, 0.3) is 0 Å². The molecule has 1 aromatic heterocycles. The van der Waals surface area contributed by atoms with Crippen LogP contribution < -0.4 is 20.9 Å². The van der Waals surface area contributed by atoms with Crippen molar-refractivity contribution in [1.82, 2.24) is 25.2 Å². The van der Waals surface area contributed by atoms with Crippen molar-refractivity contribution in [3.05, 3.63) is 29.8 Å². The molecule has 0 atom stereocenters. The molecule has 0 unspecified atom stereocenters. The van der Waals surface area contributed by atoms with Gasteiger partial charge in [-0.25, -0.2) is 0 Å². The van der Waals surface area contributed by atoms with Gasteiger partial charge in [0.15, 0.2) is 0 Å². The van der Waals surface area contributed by atoms with Crippen LogP contribution in [0.15, 0.2) is 24.3 Å². The number of carbonyl (C=O) groups is 1. The molecule has 1 aliphatic heterocycles. The van der Waals surface area contributed by atoms with Crippen LogP contribution in [-0.4, -0.2) is 77.2 Å². The van der Waals surface area contributed by atoms with Crippen LogP contribution in [0.5, 0.6) is 5.75 Å². The number of phenols is 1. The predicted molar refractivity (Wildman–Crippen MR) is 128 cm³/mol. The van der Waals surface area contributed by atoms with Gasteiger partial charge in [-0.2, -0.15) is 15.0 Å². The average molecular weight is 455 g/mol. The molecular weight excluding hydrogens is 420 g/mol. The molecule has 1 amide bonds. The molecule has 1 aromatic carbocycles. The molecular formula is C23H34N8O2. The molecule has 2 heterocycles. The molecule has 10 nitrogen and oxygen atoms in total. The second-order valence-corrected chi connectivity index (χ2v) is 8.86. The van der Waals surface area contributed by atoms with Crippen LogP contribution >= 0.6 is 0 Å². The molecule has 2 aromatic rings. The van der Waals surface area contributed by atoms with E-state index in [1.807, 2.05) is 19.2 Å². The Bertz CT molecular complexity index is 940. The van der Waals surface area contributed by atoms with Gasteiger partial charge in [0, 0.05) is 57.3 Å². The second kappa shape index (κ2) is 10.7. The number of likely N-dealkylation sites (N-methyl/N-ethyl adjacent to an activating group) is 1. The molecule has 0 bridgehead atoms. The number of rotatable bonds is 7. The first-order chi connectivity index (χ1) is 16.0. The Morgan fingerprint density at radius 1 is 1.03 bits per heavy atom. The number of aromatic hydroxyl groups is 1. The highest BCUT2D eigenvalue weighted by molar-refractivity contribution is 5.78. The van der Waals surface area contributed by atoms with Gasteiger partial charge < -0.3 is 30.9 Å². The minimum atomic E-state index is -0.0129. The number of benzene rings is 1. The van der Waals surface area contributed by atoms with Crippen LogP contribution in [0.4, 0.5) is 17.8 Å². The molecule has 1 saturated carbocycles. The van der Waals surface area contributed by atoms with Gasteiger partial charge >= 0.3 is 0 Å². The van der Waals surface area contributed by atoms with Crippen LogP contribution in [0.2, 0.25) is 0 Å². The lowest BCUT2D eigenvalue weighted by Gasteiger charge is -2.33. The SMILES string of the molecule is CNc1nc(NC2CCC(C(=O)NCc3ccccc3O)CC2)nc(N2CCN(C)CC2)n1. The molecule has 178 valence electrons. The van der Waals surface area contributed by atoms with Crippen LogP contribution in [0, 0.1) is 5.92 Å². The molecule has 4 rings (SSSR count). The zero-order valence-corrected chi connectivity index (χ0v) is 19.4. The number of hydrogen-bond acceptors (Lipinski definition) is 9. The fourth-order valence-corrected chi connectivity index (χ4v) is 4.36. The van der Waals surface area contributed by atoms with Crippen molar-refractivity contribution in [2.75, 3.05) is 55.8 Å². The number of nitrogens with zero attached hydrogens (tertiary/aromatic N) is 5. The van der Waals surface area contributed by atoms with Crippen molar-refractivity contribution >= 4 is 23.8 Å². The first-order valence-electron chi connectivity index (χ1n) is 11.7. The summed E-state index contributed by atoms with van der Waals surface area (Å²) in [6, 6.07) is 7.30. The molecule has 33 heavy (non-hydrogen) atoms. The monoisotopic (exact) mass is 454 g/mol. The van der Waals surface area contributed by atoms with Crippen molar-refractivity contribution in [1.29, 1.82) is 0 Å². The number of nitrogens with one attached hydrogen (secondary N) is 3. The molecule has 0 spiro atoms. The summed E-state index contributed by atoms with van der Waals surface area (Å²) >= 11 is 0. The third kappa shape index (κ3) is 6.01. The van der Waals surface area contributed by atoms with Crippen LogP contribution in [0.1, 0.15) is 31.2 Å². The Labute approximate surface area is 194 Å². The number of carbonyl (C=O) groups excluding carboxylic acids is 1. The molecule has 2 aliphatic rings. The summed E-state index contributed by atoms with van der Waals surface area (Å²) in [5, 5.41) is 19.3. The number of aromatic nitrogens is 3. The summed E-state index contributed by atoms with van der Waals surface area (Å²) in [6.07, 6.45) is 3.36. The van der Waals surface area contributed by atoms with Gasteiger partial charge in [0.2, 0.25) is 23.8 Å². The summed E-state index contributed by atoms with van der Waals surface area (Å²) in [5.74, 6) is 2.07. The first-order valence-corrected chi connectivity index (χ1v) is 11.7. The summed E-state index contributed by atoms with van der Waals surface area (Å²) in [5.41, 5.74) is 0.729. The maximum atomic E-state index is 12.6. The topological polar surface area (TPSA) is 119 Å². The van der Waals surface area contributed by atoms with Crippen molar-refractivity contribution in [3.8, 4) is 5.75 Å². The minimum Gasteiger partial charge on any atom is -0.508 e. The smallest absolute Gasteiger partial charge is 0.232 e. The highest BCUT2D eigenvalue weighted by Crippen LogP contribution is 2.27. The van der Waals surface area contributed by atoms with Gasteiger partial charge in [-0.05, 0) is 38.8 Å². The fraction of sp³-hybridized carbons (Fsp3) is 0.565. The van der Waals surface area contributed by atoms with E-state index >= 15 is 0 Å². The largest absolute Gasteiger partial charge is 0.508 e. The van der Waals surface area contributed by atoms with E-state index in [2.05, 4.69) is 47.7 Å². The summed E-state index contributed by atoms with van der Waals surface area (Å²) in [7, 11) is 3.94. The van der Waals surface area contributed by atoms with E-state index in [0.717, 1.165) is 57.4 Å². The number of phenolic OH excluding ortho intramolecular Hbond substituents is 1. The number of hydrogen-bond donors (Lipinski definition) is 4. The lowest BCUT2D eigenvalue weighted by atomic mass is 9.85. The Kier molecular flexibility index (Phi) is 7.43. The Morgan fingerprint density at radius 2 is 1.73 bits per heavy atom. The van der Waals surface area contributed by atoms with E-state index < -0.39 is 0 Å². The summed E-state index contributed by atoms with van der Waals surface area (Å²) in [4.78, 5) is 30.8. The lowest BCUT2D eigenvalue weighted by molar-refractivity contribution is -0.126. The fourth-order valence-electron chi connectivity index (χ4n) is 4.36. The first kappa shape index (κ1) is 23.0.